The molecule has 0 radical (unpaired) electrons. The Morgan fingerprint density at radius 3 is 2.47 bits per heavy atom. The van der Waals surface area contributed by atoms with E-state index in [0.717, 1.165) is 0 Å². The van der Waals surface area contributed by atoms with Crippen LogP contribution in [0, 0.1) is 12.3 Å². The molecule has 94 valence electrons. The highest BCUT2D eigenvalue weighted by atomic mass is 16.3. The van der Waals surface area contributed by atoms with Crippen LogP contribution in [0.4, 0.5) is 0 Å². The van der Waals surface area contributed by atoms with E-state index in [4.69, 9.17) is 0 Å². The number of aromatic hydroxyl groups is 1. The molecule has 17 heavy (non-hydrogen) atoms. The van der Waals surface area contributed by atoms with Crippen molar-refractivity contribution in [3.63, 3.8) is 0 Å². The summed E-state index contributed by atoms with van der Waals surface area (Å²) in [5.74, 6) is 0.119. The van der Waals surface area contributed by atoms with Crippen LogP contribution < -0.4 is 0 Å². The van der Waals surface area contributed by atoms with Crippen LogP contribution >= 0.6 is 0 Å². The highest BCUT2D eigenvalue weighted by Crippen LogP contribution is 2.22. The van der Waals surface area contributed by atoms with Gasteiger partial charge in [0, 0.05) is 24.7 Å². The summed E-state index contributed by atoms with van der Waals surface area (Å²) >= 11 is 0. The number of phenolic OH excluding ortho intramolecular Hbond substituents is 1. The number of rotatable bonds is 2. The van der Waals surface area contributed by atoms with Gasteiger partial charge in [-0.1, -0.05) is 26.8 Å². The third-order valence-electron chi connectivity index (χ3n) is 2.59. The van der Waals surface area contributed by atoms with Gasteiger partial charge in [-0.05, 0) is 24.5 Å². The summed E-state index contributed by atoms with van der Waals surface area (Å²) < 4.78 is 0. The van der Waals surface area contributed by atoms with Crippen molar-refractivity contribution in [2.24, 2.45) is 5.41 Å². The number of benzene rings is 1. The van der Waals surface area contributed by atoms with Crippen LogP contribution in [0.5, 0.6) is 5.75 Å². The van der Waals surface area contributed by atoms with Crippen LogP contribution in [-0.2, 0) is 0 Å². The van der Waals surface area contributed by atoms with Gasteiger partial charge in [-0.2, -0.15) is 0 Å². The number of amides is 1. The standard InChI is InChI=1S/C14H21NO2/c1-10-11(7-6-8-12(10)16)13(17)15(5)9-14(2,3)4/h6-8,16H,9H2,1-5H3. The fraction of sp³-hybridized carbons (Fsp3) is 0.500. The van der Waals surface area contributed by atoms with Crippen LogP contribution in [0.3, 0.4) is 0 Å². The van der Waals surface area contributed by atoms with Crippen LogP contribution in [0.15, 0.2) is 18.2 Å². The van der Waals surface area contributed by atoms with Crippen LogP contribution in [0.2, 0.25) is 0 Å². The molecule has 0 aromatic heterocycles. The molecule has 0 aliphatic carbocycles. The first-order valence-corrected chi connectivity index (χ1v) is 5.76. The summed E-state index contributed by atoms with van der Waals surface area (Å²) in [5, 5.41) is 9.59. The van der Waals surface area contributed by atoms with Gasteiger partial charge < -0.3 is 10.0 Å². The number of hydrogen-bond acceptors (Lipinski definition) is 2. The van der Waals surface area contributed by atoms with Gasteiger partial charge in [0.15, 0.2) is 0 Å². The Morgan fingerprint density at radius 2 is 1.94 bits per heavy atom. The molecule has 1 rings (SSSR count). The lowest BCUT2D eigenvalue weighted by Crippen LogP contribution is -2.34. The molecule has 3 heteroatoms. The fourth-order valence-corrected chi connectivity index (χ4v) is 1.84. The first kappa shape index (κ1) is 13.6. The molecule has 0 fully saturated rings. The van der Waals surface area contributed by atoms with Crippen LogP contribution in [-0.4, -0.2) is 29.5 Å². The van der Waals surface area contributed by atoms with Gasteiger partial charge in [0.25, 0.3) is 5.91 Å². The second-order valence-corrected chi connectivity index (χ2v) is 5.67. The Balaban J connectivity index is 2.93. The molecular weight excluding hydrogens is 214 g/mol. The molecule has 0 unspecified atom stereocenters. The predicted octanol–water partition coefficient (Wildman–Crippen LogP) is 2.82. The van der Waals surface area contributed by atoms with Gasteiger partial charge in [-0.25, -0.2) is 0 Å². The van der Waals surface area contributed by atoms with E-state index in [9.17, 15) is 9.90 Å². The third kappa shape index (κ3) is 3.48. The maximum Gasteiger partial charge on any atom is 0.254 e. The Bertz CT molecular complexity index is 419. The molecule has 0 heterocycles. The summed E-state index contributed by atoms with van der Waals surface area (Å²) in [4.78, 5) is 13.9. The van der Waals surface area contributed by atoms with Crippen molar-refractivity contribution in [1.82, 2.24) is 4.90 Å². The van der Waals surface area contributed by atoms with E-state index in [1.54, 1.807) is 37.1 Å². The monoisotopic (exact) mass is 235 g/mol. The molecule has 0 saturated heterocycles. The molecule has 0 spiro atoms. The van der Waals surface area contributed by atoms with E-state index in [1.165, 1.54) is 0 Å². The molecule has 1 aromatic rings. The van der Waals surface area contributed by atoms with Gasteiger partial charge in [0.2, 0.25) is 0 Å². The highest BCUT2D eigenvalue weighted by molar-refractivity contribution is 5.96. The van der Waals surface area contributed by atoms with Crippen molar-refractivity contribution in [2.75, 3.05) is 13.6 Å². The minimum atomic E-state index is -0.0478. The summed E-state index contributed by atoms with van der Waals surface area (Å²) in [6.45, 7) is 8.71. The summed E-state index contributed by atoms with van der Waals surface area (Å²) in [6.07, 6.45) is 0. The second-order valence-electron chi connectivity index (χ2n) is 5.67. The maximum absolute atomic E-state index is 12.2. The first-order chi connectivity index (χ1) is 7.72. The van der Waals surface area contributed by atoms with E-state index < -0.39 is 0 Å². The first-order valence-electron chi connectivity index (χ1n) is 5.76. The number of carbonyl (C=O) groups excluding carboxylic acids is 1. The summed E-state index contributed by atoms with van der Waals surface area (Å²) in [5.41, 5.74) is 1.27. The Hall–Kier alpha value is -1.51. The normalized spacial score (nSPS) is 11.4. The molecule has 0 saturated carbocycles. The highest BCUT2D eigenvalue weighted by Gasteiger charge is 2.20. The molecule has 1 amide bonds. The van der Waals surface area contributed by atoms with Crippen LogP contribution in [0.1, 0.15) is 36.7 Å². The molecule has 1 aromatic carbocycles. The van der Waals surface area contributed by atoms with E-state index in [2.05, 4.69) is 20.8 Å². The molecule has 0 aliphatic rings. The smallest absolute Gasteiger partial charge is 0.254 e. The molecule has 0 bridgehead atoms. The largest absolute Gasteiger partial charge is 0.508 e. The van der Waals surface area contributed by atoms with Crippen molar-refractivity contribution < 1.29 is 9.90 Å². The van der Waals surface area contributed by atoms with Gasteiger partial charge in [0.05, 0.1) is 0 Å². The molecular formula is C14H21NO2. The number of hydrogen-bond donors (Lipinski definition) is 1. The van der Waals surface area contributed by atoms with E-state index >= 15 is 0 Å². The number of nitrogens with zero attached hydrogens (tertiary/aromatic N) is 1. The van der Waals surface area contributed by atoms with Crippen molar-refractivity contribution in [2.45, 2.75) is 27.7 Å². The lowest BCUT2D eigenvalue weighted by Gasteiger charge is -2.27. The average molecular weight is 235 g/mol. The third-order valence-corrected chi connectivity index (χ3v) is 2.59. The Labute approximate surface area is 103 Å². The van der Waals surface area contributed by atoms with E-state index in [0.29, 0.717) is 17.7 Å². The van der Waals surface area contributed by atoms with Gasteiger partial charge in [0.1, 0.15) is 5.75 Å². The molecule has 0 aliphatic heterocycles. The summed E-state index contributed by atoms with van der Waals surface area (Å²) in [6, 6.07) is 5.03. The SMILES string of the molecule is Cc1c(O)cccc1C(=O)N(C)CC(C)(C)C. The van der Waals surface area contributed by atoms with Crippen LogP contribution in [0.25, 0.3) is 0 Å². The maximum atomic E-state index is 12.2. The van der Waals surface area contributed by atoms with Crippen molar-refractivity contribution in [3.8, 4) is 5.75 Å². The van der Waals surface area contributed by atoms with Crippen molar-refractivity contribution in [1.29, 1.82) is 0 Å². The zero-order valence-electron chi connectivity index (χ0n) is 11.2. The second kappa shape index (κ2) is 4.78. The lowest BCUT2D eigenvalue weighted by atomic mass is 9.95. The molecule has 1 N–H and O–H groups in total. The predicted molar refractivity (Wildman–Crippen MR) is 69.3 cm³/mol. The van der Waals surface area contributed by atoms with Crippen molar-refractivity contribution >= 4 is 5.91 Å². The molecule has 0 atom stereocenters. The lowest BCUT2D eigenvalue weighted by molar-refractivity contribution is 0.0744. The number of phenols is 1. The minimum Gasteiger partial charge on any atom is -0.508 e. The fourth-order valence-electron chi connectivity index (χ4n) is 1.84. The van der Waals surface area contributed by atoms with Gasteiger partial charge >= 0.3 is 0 Å². The quantitative estimate of drug-likeness (QED) is 0.856. The van der Waals surface area contributed by atoms with E-state index in [-0.39, 0.29) is 17.1 Å². The van der Waals surface area contributed by atoms with E-state index in [1.807, 2.05) is 0 Å². The summed E-state index contributed by atoms with van der Waals surface area (Å²) in [7, 11) is 1.79. The Kier molecular flexibility index (Phi) is 3.81. The Morgan fingerprint density at radius 1 is 1.35 bits per heavy atom. The zero-order chi connectivity index (χ0) is 13.2. The van der Waals surface area contributed by atoms with Gasteiger partial charge in [-0.15, -0.1) is 0 Å². The zero-order valence-corrected chi connectivity index (χ0v) is 11.2. The number of carbonyl (C=O) groups is 1. The van der Waals surface area contributed by atoms with Gasteiger partial charge in [-0.3, -0.25) is 4.79 Å². The average Bonchev–Trinajstić information content (AvgIpc) is 2.18. The minimum absolute atomic E-state index is 0.0478. The topological polar surface area (TPSA) is 40.5 Å². The molecule has 3 nitrogen and oxygen atoms in total. The van der Waals surface area contributed by atoms with Crippen molar-refractivity contribution in [3.05, 3.63) is 29.3 Å².